The van der Waals surface area contributed by atoms with Gasteiger partial charge in [0.05, 0.1) is 13.2 Å². The van der Waals surface area contributed by atoms with Gasteiger partial charge in [0, 0.05) is 37.0 Å². The van der Waals surface area contributed by atoms with Gasteiger partial charge < -0.3 is 10.5 Å². The maximum absolute atomic E-state index is 13.7. The van der Waals surface area contributed by atoms with Crippen LogP contribution in [-0.2, 0) is 11.2 Å². The van der Waals surface area contributed by atoms with Crippen molar-refractivity contribution in [3.05, 3.63) is 35.6 Å². The normalized spacial score (nSPS) is 21.8. The lowest BCUT2D eigenvalue weighted by Gasteiger charge is -2.36. The van der Waals surface area contributed by atoms with E-state index in [1.165, 1.54) is 18.9 Å². The second kappa shape index (κ2) is 11.9. The van der Waals surface area contributed by atoms with Crippen molar-refractivity contribution in [1.82, 2.24) is 9.62 Å². The second-order valence-corrected chi connectivity index (χ2v) is 7.97. The van der Waals surface area contributed by atoms with Gasteiger partial charge in [-0.25, -0.2) is 4.39 Å². The molecular weight excluding hydrogens is 349 g/mol. The molecule has 0 aromatic heterocycles. The summed E-state index contributed by atoms with van der Waals surface area (Å²) >= 11 is 1.87. The first-order chi connectivity index (χ1) is 12.7. The first kappa shape index (κ1) is 21.6. The molecule has 148 valence electrons. The summed E-state index contributed by atoms with van der Waals surface area (Å²) in [6.07, 6.45) is 4.15. The van der Waals surface area contributed by atoms with Crippen molar-refractivity contribution in [2.24, 2.45) is 5.73 Å². The molecule has 2 aliphatic rings. The third-order valence-electron chi connectivity index (χ3n) is 4.67. The molecule has 0 spiro atoms. The Bertz CT molecular complexity index is 516. The second-order valence-electron chi connectivity index (χ2n) is 6.77. The summed E-state index contributed by atoms with van der Waals surface area (Å²) in [4.78, 5) is 2.46. The summed E-state index contributed by atoms with van der Waals surface area (Å²) in [5.41, 5.74) is 6.95. The number of morpholine rings is 1. The zero-order valence-electron chi connectivity index (χ0n) is 16.1. The van der Waals surface area contributed by atoms with Crippen molar-refractivity contribution in [2.75, 3.05) is 32.8 Å². The van der Waals surface area contributed by atoms with Crippen LogP contribution in [0.3, 0.4) is 0 Å². The van der Waals surface area contributed by atoms with Gasteiger partial charge in [-0.1, -0.05) is 44.0 Å². The van der Waals surface area contributed by atoms with E-state index in [0.29, 0.717) is 18.0 Å². The molecule has 1 aliphatic carbocycles. The van der Waals surface area contributed by atoms with Crippen LogP contribution in [0.15, 0.2) is 24.3 Å². The van der Waals surface area contributed by atoms with Crippen LogP contribution in [0.2, 0.25) is 0 Å². The number of nitrogens with zero attached hydrogens (tertiary/aromatic N) is 1. The van der Waals surface area contributed by atoms with Crippen LogP contribution in [0.1, 0.15) is 38.7 Å². The molecule has 2 atom stereocenters. The molecule has 2 unspecified atom stereocenters. The lowest BCUT2D eigenvalue weighted by molar-refractivity contribution is -0.00594. The Balaban J connectivity index is 0.00000117. The molecule has 1 aromatic carbocycles. The summed E-state index contributed by atoms with van der Waals surface area (Å²) in [5.74, 6) is -0.154. The van der Waals surface area contributed by atoms with Gasteiger partial charge in [0.15, 0.2) is 0 Å². The van der Waals surface area contributed by atoms with Crippen LogP contribution in [0.4, 0.5) is 4.39 Å². The van der Waals surface area contributed by atoms with Gasteiger partial charge in [0.1, 0.15) is 5.82 Å². The molecule has 1 aromatic rings. The van der Waals surface area contributed by atoms with Crippen molar-refractivity contribution in [3.63, 3.8) is 0 Å². The van der Waals surface area contributed by atoms with Crippen LogP contribution in [0.5, 0.6) is 0 Å². The fourth-order valence-corrected chi connectivity index (χ4v) is 3.90. The predicted octanol–water partition coefficient (Wildman–Crippen LogP) is 3.21. The van der Waals surface area contributed by atoms with Gasteiger partial charge >= 0.3 is 0 Å². The van der Waals surface area contributed by atoms with Gasteiger partial charge in [0.25, 0.3) is 0 Å². The van der Waals surface area contributed by atoms with Crippen LogP contribution in [0, 0.1) is 5.82 Å². The summed E-state index contributed by atoms with van der Waals surface area (Å²) < 4.78 is 22.9. The van der Waals surface area contributed by atoms with E-state index >= 15 is 0 Å². The monoisotopic (exact) mass is 383 g/mol. The van der Waals surface area contributed by atoms with Crippen LogP contribution < -0.4 is 10.5 Å². The molecule has 1 saturated heterocycles. The van der Waals surface area contributed by atoms with E-state index < -0.39 is 0 Å². The van der Waals surface area contributed by atoms with E-state index in [1.54, 1.807) is 6.07 Å². The summed E-state index contributed by atoms with van der Waals surface area (Å²) in [5, 5.41) is 0.817. The number of nitrogens with two attached hydrogens (primary N) is 1. The largest absolute Gasteiger partial charge is 0.378 e. The highest BCUT2D eigenvalue weighted by molar-refractivity contribution is 7.98. The van der Waals surface area contributed by atoms with Crippen LogP contribution >= 0.6 is 11.9 Å². The van der Waals surface area contributed by atoms with E-state index in [9.17, 15) is 4.39 Å². The zero-order valence-corrected chi connectivity index (χ0v) is 16.9. The Morgan fingerprint density at radius 2 is 2.12 bits per heavy atom. The Morgan fingerprint density at radius 1 is 1.35 bits per heavy atom. The van der Waals surface area contributed by atoms with Gasteiger partial charge in [-0.2, -0.15) is 0 Å². The number of benzene rings is 1. The molecule has 6 heteroatoms. The number of halogens is 1. The molecule has 1 aliphatic heterocycles. The van der Waals surface area contributed by atoms with Crippen molar-refractivity contribution in [2.45, 2.75) is 56.9 Å². The predicted molar refractivity (Wildman–Crippen MR) is 109 cm³/mol. The Morgan fingerprint density at radius 3 is 2.85 bits per heavy atom. The zero-order chi connectivity index (χ0) is 18.8. The van der Waals surface area contributed by atoms with Crippen molar-refractivity contribution in [1.29, 1.82) is 0 Å². The summed E-state index contributed by atoms with van der Waals surface area (Å²) in [6.45, 7) is 8.41. The summed E-state index contributed by atoms with van der Waals surface area (Å²) in [6, 6.07) is 7.31. The van der Waals surface area contributed by atoms with Crippen LogP contribution in [-0.4, -0.2) is 55.1 Å². The highest BCUT2D eigenvalue weighted by atomic mass is 32.2. The van der Waals surface area contributed by atoms with Crippen molar-refractivity contribution in [3.8, 4) is 0 Å². The van der Waals surface area contributed by atoms with E-state index in [0.717, 1.165) is 44.5 Å². The SMILES string of the molecule is CC.NC(CCN1CCOCC1CNSC1CC1)Cc1ccccc1F. The topological polar surface area (TPSA) is 50.5 Å². The highest BCUT2D eigenvalue weighted by Crippen LogP contribution is 2.31. The molecule has 0 bridgehead atoms. The van der Waals surface area contributed by atoms with E-state index in [1.807, 2.05) is 37.9 Å². The van der Waals surface area contributed by atoms with Gasteiger partial charge in [-0.3, -0.25) is 9.62 Å². The van der Waals surface area contributed by atoms with E-state index in [-0.39, 0.29) is 11.9 Å². The smallest absolute Gasteiger partial charge is 0.126 e. The minimum absolute atomic E-state index is 0.0146. The molecular formula is C20H34FN3OS. The number of hydrogen-bond donors (Lipinski definition) is 2. The standard InChI is InChI=1S/C18H28FN3OS.C2H6/c19-18-4-2-1-3-14(18)11-15(20)7-8-22-9-10-23-13-16(22)12-21-24-17-5-6-17;1-2/h1-4,15-17,21H,5-13,20H2;1-2H3. The average Bonchev–Trinajstić information content (AvgIpc) is 3.49. The maximum Gasteiger partial charge on any atom is 0.126 e. The summed E-state index contributed by atoms with van der Waals surface area (Å²) in [7, 11) is 0. The molecule has 3 N–H and O–H groups in total. The Labute approximate surface area is 162 Å². The molecule has 26 heavy (non-hydrogen) atoms. The molecule has 1 heterocycles. The first-order valence-corrected chi connectivity index (χ1v) is 10.8. The molecule has 0 amide bonds. The van der Waals surface area contributed by atoms with E-state index in [2.05, 4.69) is 9.62 Å². The fraction of sp³-hybridized carbons (Fsp3) is 0.700. The lowest BCUT2D eigenvalue weighted by Crippen LogP contribution is -2.50. The minimum atomic E-state index is -0.154. The fourth-order valence-electron chi connectivity index (χ4n) is 3.00. The molecule has 2 fully saturated rings. The van der Waals surface area contributed by atoms with Gasteiger partial charge in [-0.05, 0) is 37.3 Å². The molecule has 3 rings (SSSR count). The maximum atomic E-state index is 13.7. The van der Waals surface area contributed by atoms with Gasteiger partial charge in [0.2, 0.25) is 0 Å². The third-order valence-corrected chi connectivity index (χ3v) is 5.81. The number of ether oxygens (including phenoxy) is 1. The van der Waals surface area contributed by atoms with E-state index in [4.69, 9.17) is 10.5 Å². The van der Waals surface area contributed by atoms with Crippen molar-refractivity contribution < 1.29 is 9.13 Å². The number of hydrogen-bond acceptors (Lipinski definition) is 5. The third kappa shape index (κ3) is 7.53. The van der Waals surface area contributed by atoms with Crippen LogP contribution in [0.25, 0.3) is 0 Å². The molecule has 1 saturated carbocycles. The van der Waals surface area contributed by atoms with Gasteiger partial charge in [-0.15, -0.1) is 0 Å². The number of rotatable bonds is 9. The molecule has 0 radical (unpaired) electrons. The Kier molecular flexibility index (Phi) is 9.93. The molecule has 4 nitrogen and oxygen atoms in total. The quantitative estimate of drug-likeness (QED) is 0.641. The Hall–Kier alpha value is -0.660. The average molecular weight is 384 g/mol. The van der Waals surface area contributed by atoms with Crippen molar-refractivity contribution >= 4 is 11.9 Å². The first-order valence-electron chi connectivity index (χ1n) is 9.91. The minimum Gasteiger partial charge on any atom is -0.378 e. The highest BCUT2D eigenvalue weighted by Gasteiger charge is 2.26. The number of nitrogens with one attached hydrogen (secondary N) is 1. The lowest BCUT2D eigenvalue weighted by atomic mass is 10.0.